The van der Waals surface area contributed by atoms with E-state index in [1.807, 2.05) is 0 Å². The summed E-state index contributed by atoms with van der Waals surface area (Å²) in [6.07, 6.45) is 2.27. The number of hydrogen-bond donors (Lipinski definition) is 1. The normalized spacial score (nSPS) is 11.7. The first-order valence-corrected chi connectivity index (χ1v) is 12.5. The zero-order valence-electron chi connectivity index (χ0n) is 16.3. The average molecular weight is 443 g/mol. The standard InChI is InChI=1S/C18H26N4O3S3/c1-4-7-12-26-18-21-20-17(27-18)19-13-16(23)14-8-10-15(11-9-14)28(24,25)22(5-2)6-3/h8-11H,4-7,12-13H2,1-3H3,(H,19,20). The van der Waals surface area contributed by atoms with Gasteiger partial charge in [0, 0.05) is 24.4 Å². The van der Waals surface area contributed by atoms with Gasteiger partial charge in [0.25, 0.3) is 0 Å². The van der Waals surface area contributed by atoms with Gasteiger partial charge in [0.05, 0.1) is 11.4 Å². The summed E-state index contributed by atoms with van der Waals surface area (Å²) in [5.41, 5.74) is 0.452. The molecule has 0 bridgehead atoms. The molecule has 0 amide bonds. The summed E-state index contributed by atoms with van der Waals surface area (Å²) in [7, 11) is -3.52. The first-order valence-electron chi connectivity index (χ1n) is 9.25. The SMILES string of the molecule is CCCCSc1nnc(NCC(=O)c2ccc(S(=O)(=O)N(CC)CC)cc2)s1. The van der Waals surface area contributed by atoms with E-state index in [1.54, 1.807) is 37.7 Å². The number of rotatable bonds is 12. The lowest BCUT2D eigenvalue weighted by molar-refractivity contribution is 0.101. The van der Waals surface area contributed by atoms with E-state index in [0.29, 0.717) is 23.8 Å². The fourth-order valence-electron chi connectivity index (χ4n) is 2.43. The Labute approximate surface area is 175 Å². The third-order valence-electron chi connectivity index (χ3n) is 4.05. The molecule has 1 heterocycles. The molecule has 0 atom stereocenters. The maximum absolute atomic E-state index is 12.5. The second-order valence-corrected chi connectivity index (χ2v) is 10.2. The van der Waals surface area contributed by atoms with Crippen LogP contribution in [0.25, 0.3) is 0 Å². The van der Waals surface area contributed by atoms with Crippen molar-refractivity contribution in [2.24, 2.45) is 0 Å². The molecule has 1 aromatic carbocycles. The number of ketones is 1. The van der Waals surface area contributed by atoms with Crippen LogP contribution in [-0.2, 0) is 10.0 Å². The Morgan fingerprint density at radius 1 is 1.14 bits per heavy atom. The van der Waals surface area contributed by atoms with Crippen LogP contribution in [-0.4, -0.2) is 54.1 Å². The summed E-state index contributed by atoms with van der Waals surface area (Å²) >= 11 is 3.09. The summed E-state index contributed by atoms with van der Waals surface area (Å²) in [5, 5.41) is 11.7. The van der Waals surface area contributed by atoms with Crippen LogP contribution in [0.3, 0.4) is 0 Å². The lowest BCUT2D eigenvalue weighted by atomic mass is 10.1. The van der Waals surface area contributed by atoms with Crippen molar-refractivity contribution < 1.29 is 13.2 Å². The Kier molecular flexibility index (Phi) is 8.87. The van der Waals surface area contributed by atoms with Gasteiger partial charge in [-0.05, 0) is 30.7 Å². The molecule has 28 heavy (non-hydrogen) atoms. The van der Waals surface area contributed by atoms with Crippen molar-refractivity contribution >= 4 is 44.0 Å². The van der Waals surface area contributed by atoms with Gasteiger partial charge < -0.3 is 5.32 Å². The molecular formula is C18H26N4O3S3. The number of carbonyl (C=O) groups excluding carboxylic acids is 1. The van der Waals surface area contributed by atoms with E-state index in [0.717, 1.165) is 22.9 Å². The predicted molar refractivity (Wildman–Crippen MR) is 115 cm³/mol. The second-order valence-electron chi connectivity index (χ2n) is 5.97. The zero-order chi connectivity index (χ0) is 20.6. The van der Waals surface area contributed by atoms with Gasteiger partial charge in [-0.2, -0.15) is 4.31 Å². The fraction of sp³-hybridized carbons (Fsp3) is 0.500. The number of carbonyl (C=O) groups is 1. The molecule has 0 saturated carbocycles. The molecule has 0 spiro atoms. The first-order chi connectivity index (χ1) is 13.4. The molecular weight excluding hydrogens is 416 g/mol. The number of unbranched alkanes of at least 4 members (excludes halogenated alkanes) is 1. The topological polar surface area (TPSA) is 92.3 Å². The van der Waals surface area contributed by atoms with Gasteiger partial charge in [0.2, 0.25) is 15.2 Å². The number of anilines is 1. The lowest BCUT2D eigenvalue weighted by Gasteiger charge is -2.18. The lowest BCUT2D eigenvalue weighted by Crippen LogP contribution is -2.30. The zero-order valence-corrected chi connectivity index (χ0v) is 18.8. The van der Waals surface area contributed by atoms with Crippen LogP contribution < -0.4 is 5.32 Å². The summed E-state index contributed by atoms with van der Waals surface area (Å²) in [6.45, 7) is 6.63. The number of Topliss-reactive ketones (excluding diaryl/α,β-unsaturated/α-hetero) is 1. The van der Waals surface area contributed by atoms with E-state index < -0.39 is 10.0 Å². The van der Waals surface area contributed by atoms with Crippen molar-refractivity contribution in [1.82, 2.24) is 14.5 Å². The fourth-order valence-corrected chi connectivity index (χ4v) is 5.79. The van der Waals surface area contributed by atoms with Gasteiger partial charge in [-0.25, -0.2) is 8.42 Å². The second kappa shape index (κ2) is 10.9. The molecule has 7 nitrogen and oxygen atoms in total. The van der Waals surface area contributed by atoms with Gasteiger partial charge in [-0.1, -0.05) is 50.3 Å². The number of thioether (sulfide) groups is 1. The Hall–Kier alpha value is -1.49. The predicted octanol–water partition coefficient (Wildman–Crippen LogP) is 3.76. The number of hydrogen-bond acceptors (Lipinski definition) is 8. The van der Waals surface area contributed by atoms with Crippen LogP contribution in [0.15, 0.2) is 33.5 Å². The highest BCUT2D eigenvalue weighted by Gasteiger charge is 2.21. The first kappa shape index (κ1) is 22.8. The third-order valence-corrected chi connectivity index (χ3v) is 8.21. The van der Waals surface area contributed by atoms with Crippen LogP contribution in [0.5, 0.6) is 0 Å². The Bertz CT molecular complexity index is 862. The van der Waals surface area contributed by atoms with Crippen LogP contribution >= 0.6 is 23.1 Å². The van der Waals surface area contributed by atoms with Gasteiger partial charge in [0.15, 0.2) is 10.1 Å². The Morgan fingerprint density at radius 2 is 1.82 bits per heavy atom. The maximum atomic E-state index is 12.5. The molecule has 10 heteroatoms. The molecule has 0 radical (unpaired) electrons. The van der Waals surface area contributed by atoms with Gasteiger partial charge in [-0.3, -0.25) is 4.79 Å². The van der Waals surface area contributed by atoms with Gasteiger partial charge in [-0.15, -0.1) is 10.2 Å². The molecule has 0 saturated heterocycles. The minimum Gasteiger partial charge on any atom is -0.353 e. The monoisotopic (exact) mass is 442 g/mol. The van der Waals surface area contributed by atoms with Gasteiger partial charge in [0.1, 0.15) is 0 Å². The molecule has 0 aliphatic carbocycles. The van der Waals surface area contributed by atoms with Crippen molar-refractivity contribution in [1.29, 1.82) is 0 Å². The molecule has 2 aromatic rings. The van der Waals surface area contributed by atoms with E-state index in [2.05, 4.69) is 22.4 Å². The van der Waals surface area contributed by atoms with Crippen molar-refractivity contribution in [2.75, 3.05) is 30.7 Å². The largest absolute Gasteiger partial charge is 0.353 e. The number of nitrogens with zero attached hydrogens (tertiary/aromatic N) is 3. The average Bonchev–Trinajstić information content (AvgIpc) is 3.15. The summed E-state index contributed by atoms with van der Waals surface area (Å²) in [5.74, 6) is 0.870. The molecule has 154 valence electrons. The quantitative estimate of drug-likeness (QED) is 0.304. The minimum absolute atomic E-state index is 0.0798. The summed E-state index contributed by atoms with van der Waals surface area (Å²) in [6, 6.07) is 6.06. The number of sulfonamides is 1. The van der Waals surface area contributed by atoms with Crippen LogP contribution in [0.2, 0.25) is 0 Å². The van der Waals surface area contributed by atoms with E-state index in [9.17, 15) is 13.2 Å². The van der Waals surface area contributed by atoms with Crippen molar-refractivity contribution in [2.45, 2.75) is 42.8 Å². The Balaban J connectivity index is 1.94. The van der Waals surface area contributed by atoms with Crippen molar-refractivity contribution in [3.63, 3.8) is 0 Å². The minimum atomic E-state index is -3.52. The highest BCUT2D eigenvalue weighted by Crippen LogP contribution is 2.26. The Morgan fingerprint density at radius 3 is 2.43 bits per heavy atom. The molecule has 2 rings (SSSR count). The molecule has 0 aliphatic heterocycles. The van der Waals surface area contributed by atoms with Crippen molar-refractivity contribution in [3.05, 3.63) is 29.8 Å². The van der Waals surface area contributed by atoms with E-state index in [1.165, 1.54) is 27.8 Å². The highest BCUT2D eigenvalue weighted by molar-refractivity contribution is 8.01. The van der Waals surface area contributed by atoms with E-state index in [4.69, 9.17) is 0 Å². The number of nitrogens with one attached hydrogen (secondary N) is 1. The van der Waals surface area contributed by atoms with E-state index >= 15 is 0 Å². The molecule has 0 fully saturated rings. The third kappa shape index (κ3) is 6.00. The molecule has 1 aromatic heterocycles. The van der Waals surface area contributed by atoms with Crippen LogP contribution in [0.1, 0.15) is 44.0 Å². The van der Waals surface area contributed by atoms with E-state index in [-0.39, 0.29) is 17.2 Å². The van der Waals surface area contributed by atoms with Gasteiger partial charge >= 0.3 is 0 Å². The van der Waals surface area contributed by atoms with Crippen LogP contribution in [0.4, 0.5) is 5.13 Å². The maximum Gasteiger partial charge on any atom is 0.243 e. The molecule has 1 N–H and O–H groups in total. The highest BCUT2D eigenvalue weighted by atomic mass is 32.2. The number of benzene rings is 1. The summed E-state index contributed by atoms with van der Waals surface area (Å²) in [4.78, 5) is 12.6. The number of aromatic nitrogens is 2. The summed E-state index contributed by atoms with van der Waals surface area (Å²) < 4.78 is 27.3. The molecule has 0 aliphatic rings. The smallest absolute Gasteiger partial charge is 0.243 e. The van der Waals surface area contributed by atoms with Crippen molar-refractivity contribution in [3.8, 4) is 0 Å². The molecule has 0 unspecified atom stereocenters. The van der Waals surface area contributed by atoms with Crippen LogP contribution in [0, 0.1) is 0 Å².